The maximum Gasteiger partial charge on any atom is 0.123 e. The molecule has 0 radical (unpaired) electrons. The molecule has 0 saturated heterocycles. The van der Waals surface area contributed by atoms with Gasteiger partial charge in [-0.1, -0.05) is 17.7 Å². The van der Waals surface area contributed by atoms with E-state index in [0.29, 0.717) is 6.61 Å². The monoisotopic (exact) mass is 295 g/mol. The summed E-state index contributed by atoms with van der Waals surface area (Å²) in [6, 6.07) is 14.3. The molecule has 0 saturated carbocycles. The number of rotatable bonds is 5. The number of methoxy groups -OCH3 is 1. The topological polar surface area (TPSA) is 23.4 Å². The maximum atomic E-state index is 5.95. The van der Waals surface area contributed by atoms with Crippen LogP contribution >= 0.6 is 0 Å². The van der Waals surface area contributed by atoms with Crippen molar-refractivity contribution >= 4 is 10.9 Å². The van der Waals surface area contributed by atoms with Gasteiger partial charge in [-0.2, -0.15) is 0 Å². The van der Waals surface area contributed by atoms with Crippen molar-refractivity contribution in [3.63, 3.8) is 0 Å². The molecule has 0 N–H and O–H groups in total. The molecule has 22 heavy (non-hydrogen) atoms. The molecule has 1 aromatic heterocycles. The van der Waals surface area contributed by atoms with Crippen molar-refractivity contribution in [2.24, 2.45) is 0 Å². The van der Waals surface area contributed by atoms with E-state index in [2.05, 4.69) is 42.8 Å². The Morgan fingerprint density at radius 3 is 2.64 bits per heavy atom. The number of benzene rings is 2. The molecule has 0 atom stereocenters. The van der Waals surface area contributed by atoms with E-state index in [1.54, 1.807) is 7.11 Å². The first kappa shape index (κ1) is 14.5. The van der Waals surface area contributed by atoms with Crippen LogP contribution in [0.5, 0.6) is 11.5 Å². The number of fused-ring (bicyclic) bond motifs is 1. The summed E-state index contributed by atoms with van der Waals surface area (Å²) in [5, 5.41) is 1.27. The Morgan fingerprint density at radius 2 is 1.86 bits per heavy atom. The minimum absolute atomic E-state index is 0.556. The molecule has 3 aromatic rings. The van der Waals surface area contributed by atoms with Crippen molar-refractivity contribution in [1.82, 2.24) is 4.57 Å². The standard InChI is InChI=1S/C19H21NO2/c1-4-20-12-15(18-10-14(2)8-9-19(18)20)13-22-17-7-5-6-16(11-17)21-3/h5-12H,4,13H2,1-3H3. The highest BCUT2D eigenvalue weighted by Gasteiger charge is 2.09. The molecule has 0 amide bonds. The Labute approximate surface area is 131 Å². The van der Waals surface area contributed by atoms with E-state index < -0.39 is 0 Å². The highest BCUT2D eigenvalue weighted by atomic mass is 16.5. The normalized spacial score (nSPS) is 10.9. The lowest BCUT2D eigenvalue weighted by Crippen LogP contribution is -1.95. The summed E-state index contributed by atoms with van der Waals surface area (Å²) in [6.07, 6.45) is 2.18. The van der Waals surface area contributed by atoms with Crippen molar-refractivity contribution in [3.05, 3.63) is 59.8 Å². The van der Waals surface area contributed by atoms with Crippen LogP contribution in [0.3, 0.4) is 0 Å². The van der Waals surface area contributed by atoms with Crippen LogP contribution < -0.4 is 9.47 Å². The van der Waals surface area contributed by atoms with E-state index in [4.69, 9.17) is 9.47 Å². The van der Waals surface area contributed by atoms with Gasteiger partial charge in [-0.3, -0.25) is 0 Å². The first-order valence-electron chi connectivity index (χ1n) is 7.56. The number of ether oxygens (including phenoxy) is 2. The van der Waals surface area contributed by atoms with Crippen LogP contribution in [0.2, 0.25) is 0 Å². The van der Waals surface area contributed by atoms with Crippen LogP contribution in [0.1, 0.15) is 18.1 Å². The molecular formula is C19H21NO2. The Kier molecular flexibility index (Phi) is 4.05. The third-order valence-corrected chi connectivity index (χ3v) is 3.90. The summed E-state index contributed by atoms with van der Waals surface area (Å²) >= 11 is 0. The van der Waals surface area contributed by atoms with Crippen molar-refractivity contribution in [3.8, 4) is 11.5 Å². The molecule has 3 rings (SSSR count). The average Bonchev–Trinajstić information content (AvgIpc) is 2.90. The Balaban J connectivity index is 1.88. The second kappa shape index (κ2) is 6.14. The second-order valence-electron chi connectivity index (χ2n) is 5.43. The average molecular weight is 295 g/mol. The number of hydrogen-bond donors (Lipinski definition) is 0. The van der Waals surface area contributed by atoms with E-state index in [1.807, 2.05) is 24.3 Å². The summed E-state index contributed by atoms with van der Waals surface area (Å²) in [5.74, 6) is 1.63. The molecule has 1 heterocycles. The van der Waals surface area contributed by atoms with Gasteiger partial charge in [0.2, 0.25) is 0 Å². The lowest BCUT2D eigenvalue weighted by Gasteiger charge is -2.07. The van der Waals surface area contributed by atoms with Crippen LogP contribution in [0, 0.1) is 6.92 Å². The van der Waals surface area contributed by atoms with Crippen molar-refractivity contribution < 1.29 is 9.47 Å². The summed E-state index contributed by atoms with van der Waals surface area (Å²) in [4.78, 5) is 0. The fourth-order valence-corrected chi connectivity index (χ4v) is 2.71. The van der Waals surface area contributed by atoms with E-state index in [-0.39, 0.29) is 0 Å². The highest BCUT2D eigenvalue weighted by molar-refractivity contribution is 5.84. The second-order valence-corrected chi connectivity index (χ2v) is 5.43. The van der Waals surface area contributed by atoms with Gasteiger partial charge in [0.1, 0.15) is 18.1 Å². The van der Waals surface area contributed by atoms with E-state index in [9.17, 15) is 0 Å². The zero-order chi connectivity index (χ0) is 15.5. The van der Waals surface area contributed by atoms with Gasteiger partial charge in [-0.15, -0.1) is 0 Å². The number of nitrogens with zero attached hydrogens (tertiary/aromatic N) is 1. The highest BCUT2D eigenvalue weighted by Crippen LogP contribution is 2.25. The molecule has 0 aliphatic rings. The third-order valence-electron chi connectivity index (χ3n) is 3.90. The lowest BCUT2D eigenvalue weighted by molar-refractivity contribution is 0.304. The van der Waals surface area contributed by atoms with Gasteiger partial charge in [-0.05, 0) is 38.1 Å². The molecular weight excluding hydrogens is 274 g/mol. The summed E-state index contributed by atoms with van der Waals surface area (Å²) in [7, 11) is 1.66. The summed E-state index contributed by atoms with van der Waals surface area (Å²) in [6.45, 7) is 5.79. The smallest absolute Gasteiger partial charge is 0.123 e. The first-order chi connectivity index (χ1) is 10.7. The van der Waals surface area contributed by atoms with Gasteiger partial charge in [0.05, 0.1) is 7.11 Å². The van der Waals surface area contributed by atoms with Crippen LogP contribution in [-0.4, -0.2) is 11.7 Å². The Hall–Kier alpha value is -2.42. The zero-order valence-electron chi connectivity index (χ0n) is 13.3. The van der Waals surface area contributed by atoms with Gasteiger partial charge in [0, 0.05) is 35.3 Å². The van der Waals surface area contributed by atoms with E-state index in [1.165, 1.54) is 22.0 Å². The first-order valence-corrected chi connectivity index (χ1v) is 7.56. The van der Waals surface area contributed by atoms with Gasteiger partial charge >= 0.3 is 0 Å². The van der Waals surface area contributed by atoms with E-state index >= 15 is 0 Å². The van der Waals surface area contributed by atoms with Crippen molar-refractivity contribution in [2.75, 3.05) is 7.11 Å². The van der Waals surface area contributed by atoms with Crippen LogP contribution in [0.15, 0.2) is 48.7 Å². The predicted octanol–water partition coefficient (Wildman–Crippen LogP) is 4.56. The minimum atomic E-state index is 0.556. The SMILES string of the molecule is CCn1cc(COc2cccc(OC)c2)c2cc(C)ccc21. The largest absolute Gasteiger partial charge is 0.497 e. The molecule has 0 fully saturated rings. The van der Waals surface area contributed by atoms with Gasteiger partial charge in [0.15, 0.2) is 0 Å². The minimum Gasteiger partial charge on any atom is -0.497 e. The molecule has 0 aliphatic heterocycles. The molecule has 0 unspecified atom stereocenters. The van der Waals surface area contributed by atoms with Gasteiger partial charge in [0.25, 0.3) is 0 Å². The number of aromatic nitrogens is 1. The summed E-state index contributed by atoms with van der Waals surface area (Å²) < 4.78 is 13.4. The maximum absolute atomic E-state index is 5.95. The van der Waals surface area contributed by atoms with Crippen LogP contribution in [0.25, 0.3) is 10.9 Å². The quantitative estimate of drug-likeness (QED) is 0.689. The molecule has 3 nitrogen and oxygen atoms in total. The molecule has 0 spiro atoms. The predicted molar refractivity (Wildman–Crippen MR) is 89.7 cm³/mol. The molecule has 0 aliphatic carbocycles. The molecule has 114 valence electrons. The lowest BCUT2D eigenvalue weighted by atomic mass is 10.1. The number of hydrogen-bond acceptors (Lipinski definition) is 2. The Morgan fingerprint density at radius 1 is 1.05 bits per heavy atom. The van der Waals surface area contributed by atoms with Gasteiger partial charge in [-0.25, -0.2) is 0 Å². The molecule has 0 bridgehead atoms. The van der Waals surface area contributed by atoms with Gasteiger partial charge < -0.3 is 14.0 Å². The van der Waals surface area contributed by atoms with Crippen LogP contribution in [0.4, 0.5) is 0 Å². The summed E-state index contributed by atoms with van der Waals surface area (Å²) in [5.41, 5.74) is 3.74. The third kappa shape index (κ3) is 2.80. The fraction of sp³-hybridized carbons (Fsp3) is 0.263. The fourth-order valence-electron chi connectivity index (χ4n) is 2.71. The van der Waals surface area contributed by atoms with Crippen LogP contribution in [-0.2, 0) is 13.2 Å². The Bertz CT molecular complexity index is 789. The van der Waals surface area contributed by atoms with E-state index in [0.717, 1.165) is 18.0 Å². The number of aryl methyl sites for hydroxylation is 2. The van der Waals surface area contributed by atoms with Crippen molar-refractivity contribution in [2.45, 2.75) is 27.0 Å². The zero-order valence-corrected chi connectivity index (χ0v) is 13.3. The van der Waals surface area contributed by atoms with Crippen molar-refractivity contribution in [1.29, 1.82) is 0 Å². The molecule has 3 heteroatoms. The molecule has 2 aromatic carbocycles.